The molecule has 2 heterocycles. The van der Waals surface area contributed by atoms with Crippen LogP contribution in [-0.4, -0.2) is 45.6 Å². The summed E-state index contributed by atoms with van der Waals surface area (Å²) in [5.74, 6) is 0.474. The van der Waals surface area contributed by atoms with Crippen LogP contribution in [0.15, 0.2) is 34.9 Å². The van der Waals surface area contributed by atoms with Crippen molar-refractivity contribution in [1.82, 2.24) is 20.4 Å². The van der Waals surface area contributed by atoms with Gasteiger partial charge in [-0.3, -0.25) is 9.59 Å². The van der Waals surface area contributed by atoms with Crippen LogP contribution in [-0.2, 0) is 27.3 Å². The Morgan fingerprint density at radius 2 is 2.07 bits per heavy atom. The number of nitrogens with zero attached hydrogens (tertiary/aromatic N) is 3. The Morgan fingerprint density at radius 3 is 2.70 bits per heavy atom. The maximum atomic E-state index is 12.8. The molecule has 1 aliphatic heterocycles. The molecule has 1 saturated heterocycles. The highest BCUT2D eigenvalue weighted by molar-refractivity contribution is 5.86. The van der Waals surface area contributed by atoms with Gasteiger partial charge in [0.25, 0.3) is 5.91 Å². The number of carbonyl (C=O) groups is 2. The number of rotatable bonds is 6. The van der Waals surface area contributed by atoms with Gasteiger partial charge in [-0.15, -0.1) is 0 Å². The van der Waals surface area contributed by atoms with Crippen molar-refractivity contribution >= 4 is 11.8 Å². The van der Waals surface area contributed by atoms with E-state index in [4.69, 9.17) is 9.26 Å². The van der Waals surface area contributed by atoms with Gasteiger partial charge in [0.15, 0.2) is 11.9 Å². The van der Waals surface area contributed by atoms with Crippen LogP contribution in [0.3, 0.4) is 0 Å². The molecule has 2 aromatic rings. The quantitative estimate of drug-likeness (QED) is 0.828. The van der Waals surface area contributed by atoms with Crippen molar-refractivity contribution in [2.75, 3.05) is 6.61 Å². The molecule has 1 aliphatic rings. The molecule has 3 rings (SSSR count). The van der Waals surface area contributed by atoms with E-state index < -0.39 is 12.1 Å². The Hall–Kier alpha value is -2.74. The molecule has 1 aromatic heterocycles. The molecule has 144 valence electrons. The molecular weight excluding hydrogens is 348 g/mol. The molecule has 0 radical (unpaired) electrons. The zero-order valence-electron chi connectivity index (χ0n) is 15.7. The lowest BCUT2D eigenvalue weighted by molar-refractivity contribution is -0.167. The molecule has 0 saturated carbocycles. The molecule has 2 atom stereocenters. The van der Waals surface area contributed by atoms with Crippen LogP contribution in [0.1, 0.15) is 44.1 Å². The first-order valence-electron chi connectivity index (χ1n) is 9.08. The molecule has 0 aliphatic carbocycles. The summed E-state index contributed by atoms with van der Waals surface area (Å²) in [7, 11) is 0. The predicted molar refractivity (Wildman–Crippen MR) is 96.4 cm³/mol. The Balaban J connectivity index is 1.80. The van der Waals surface area contributed by atoms with Crippen LogP contribution in [0.25, 0.3) is 0 Å². The number of ether oxygens (including phenoxy) is 1. The zero-order valence-corrected chi connectivity index (χ0v) is 15.7. The minimum absolute atomic E-state index is 0.0649. The van der Waals surface area contributed by atoms with E-state index in [1.807, 2.05) is 51.1 Å². The lowest BCUT2D eigenvalue weighted by Gasteiger charge is -2.42. The smallest absolute Gasteiger partial charge is 0.252 e. The van der Waals surface area contributed by atoms with Crippen LogP contribution in [0, 0.1) is 0 Å². The van der Waals surface area contributed by atoms with Gasteiger partial charge in [0.05, 0.1) is 12.6 Å². The Labute approximate surface area is 157 Å². The van der Waals surface area contributed by atoms with E-state index in [1.165, 1.54) is 0 Å². The monoisotopic (exact) mass is 372 g/mol. The van der Waals surface area contributed by atoms with Crippen molar-refractivity contribution in [3.63, 3.8) is 0 Å². The number of aromatic nitrogens is 2. The minimum atomic E-state index is -0.818. The summed E-state index contributed by atoms with van der Waals surface area (Å²) < 4.78 is 10.7. The van der Waals surface area contributed by atoms with E-state index in [9.17, 15) is 9.59 Å². The van der Waals surface area contributed by atoms with Crippen molar-refractivity contribution in [2.45, 2.75) is 51.9 Å². The number of amides is 2. The second-order valence-electron chi connectivity index (χ2n) is 6.66. The highest BCUT2D eigenvalue weighted by Gasteiger charge is 2.42. The second-order valence-corrected chi connectivity index (χ2v) is 6.66. The maximum Gasteiger partial charge on any atom is 0.252 e. The lowest BCUT2D eigenvalue weighted by atomic mass is 9.96. The van der Waals surface area contributed by atoms with E-state index in [0.29, 0.717) is 18.1 Å². The van der Waals surface area contributed by atoms with Gasteiger partial charge >= 0.3 is 0 Å². The van der Waals surface area contributed by atoms with Gasteiger partial charge in [-0.25, -0.2) is 0 Å². The Bertz CT molecular complexity index is 790. The van der Waals surface area contributed by atoms with E-state index in [1.54, 1.807) is 4.90 Å². The molecule has 0 bridgehead atoms. The van der Waals surface area contributed by atoms with E-state index in [0.717, 1.165) is 5.56 Å². The zero-order chi connectivity index (χ0) is 19.4. The van der Waals surface area contributed by atoms with Crippen LogP contribution < -0.4 is 5.32 Å². The number of morpholine rings is 1. The van der Waals surface area contributed by atoms with Crippen LogP contribution in [0.4, 0.5) is 0 Å². The van der Waals surface area contributed by atoms with Gasteiger partial charge in [-0.1, -0.05) is 42.4 Å². The van der Waals surface area contributed by atoms with E-state index in [-0.39, 0.29) is 31.0 Å². The average molecular weight is 372 g/mol. The number of aryl methyl sites for hydroxylation is 1. The van der Waals surface area contributed by atoms with Gasteiger partial charge < -0.3 is 19.5 Å². The fourth-order valence-electron chi connectivity index (χ4n) is 3.21. The largest absolute Gasteiger partial charge is 0.356 e. The first kappa shape index (κ1) is 19.0. The fraction of sp³-hybridized carbons (Fsp3) is 0.474. The molecule has 2 amide bonds. The van der Waals surface area contributed by atoms with Crippen LogP contribution in [0.5, 0.6) is 0 Å². The fourth-order valence-corrected chi connectivity index (χ4v) is 3.21. The second kappa shape index (κ2) is 8.30. The van der Waals surface area contributed by atoms with Gasteiger partial charge in [-0.05, 0) is 19.4 Å². The average Bonchev–Trinajstić information content (AvgIpc) is 3.14. The standard InChI is InChI=1S/C19H24N4O4/c1-4-14-21-15(27-22-14)10-20-19(25)18-17(13-8-6-5-7-9-13)23(12(2)3)16(24)11-26-18/h5-9,12,17-18H,4,10-11H2,1-3H3,(H,20,25)/t17-,18+/m1/s1. The molecular formula is C19H24N4O4. The van der Waals surface area contributed by atoms with Crippen LogP contribution >= 0.6 is 0 Å². The molecule has 1 fully saturated rings. The molecule has 8 nitrogen and oxygen atoms in total. The molecule has 0 unspecified atom stereocenters. The summed E-state index contributed by atoms with van der Waals surface area (Å²) in [5.41, 5.74) is 0.852. The number of nitrogens with one attached hydrogen (secondary N) is 1. The molecule has 1 N–H and O–H groups in total. The summed E-state index contributed by atoms with van der Waals surface area (Å²) in [6, 6.07) is 8.89. The molecule has 27 heavy (non-hydrogen) atoms. The van der Waals surface area contributed by atoms with E-state index >= 15 is 0 Å². The number of carbonyl (C=O) groups excluding carboxylic acids is 2. The van der Waals surface area contributed by atoms with Gasteiger partial charge in [-0.2, -0.15) is 4.98 Å². The maximum absolute atomic E-state index is 12.8. The summed E-state index contributed by atoms with van der Waals surface area (Å²) in [5, 5.41) is 6.59. The third-order valence-corrected chi connectivity index (χ3v) is 4.46. The third-order valence-electron chi connectivity index (χ3n) is 4.46. The van der Waals surface area contributed by atoms with Crippen LogP contribution in [0.2, 0.25) is 0 Å². The molecule has 0 spiro atoms. The van der Waals surface area contributed by atoms with Crippen molar-refractivity contribution in [3.8, 4) is 0 Å². The number of benzene rings is 1. The summed E-state index contributed by atoms with van der Waals surface area (Å²) in [4.78, 5) is 31.2. The van der Waals surface area contributed by atoms with E-state index in [2.05, 4.69) is 15.5 Å². The number of hydrogen-bond acceptors (Lipinski definition) is 6. The Kier molecular flexibility index (Phi) is 5.85. The molecule has 1 aromatic carbocycles. The summed E-state index contributed by atoms with van der Waals surface area (Å²) >= 11 is 0. The van der Waals surface area contributed by atoms with Crippen molar-refractivity contribution in [1.29, 1.82) is 0 Å². The van der Waals surface area contributed by atoms with Crippen molar-refractivity contribution < 1.29 is 18.8 Å². The van der Waals surface area contributed by atoms with Crippen molar-refractivity contribution in [2.24, 2.45) is 0 Å². The highest BCUT2D eigenvalue weighted by atomic mass is 16.5. The summed E-state index contributed by atoms with van der Waals surface area (Å²) in [6.07, 6.45) is -0.161. The van der Waals surface area contributed by atoms with Crippen molar-refractivity contribution in [3.05, 3.63) is 47.6 Å². The first-order chi connectivity index (χ1) is 13.0. The predicted octanol–water partition coefficient (Wildman–Crippen LogP) is 1.63. The van der Waals surface area contributed by atoms with Gasteiger partial charge in [0.1, 0.15) is 6.61 Å². The topological polar surface area (TPSA) is 97.6 Å². The minimum Gasteiger partial charge on any atom is -0.356 e. The lowest BCUT2D eigenvalue weighted by Crippen LogP contribution is -2.56. The third kappa shape index (κ3) is 4.16. The SMILES string of the molecule is CCc1noc(CNC(=O)[C@H]2OCC(=O)N(C(C)C)[C@@H]2c2ccccc2)n1. The van der Waals surface area contributed by atoms with Gasteiger partial charge in [0.2, 0.25) is 11.8 Å². The van der Waals surface area contributed by atoms with Gasteiger partial charge in [0, 0.05) is 12.5 Å². The highest BCUT2D eigenvalue weighted by Crippen LogP contribution is 2.32. The first-order valence-corrected chi connectivity index (χ1v) is 9.08. The normalized spacial score (nSPS) is 20.1. The molecule has 8 heteroatoms. The summed E-state index contributed by atoms with van der Waals surface area (Å²) in [6.45, 7) is 5.77. The number of hydrogen-bond donors (Lipinski definition) is 1. The Morgan fingerprint density at radius 1 is 1.33 bits per heavy atom.